The molecule has 2 fully saturated rings. The van der Waals surface area contributed by atoms with Crippen molar-refractivity contribution in [3.63, 3.8) is 0 Å². The molecule has 6 heteroatoms. The standard InChI is InChI=1S/C13H18N4O2/c18-12(15-9-4-5-9)13(19)16-10-2-1-3-11(10)17-7-6-14-8-17/h6-11H,1-5H2,(H,15,18)(H,16,19)/t10-,11-/m0/s1. The van der Waals surface area contributed by atoms with Gasteiger partial charge in [-0.1, -0.05) is 0 Å². The van der Waals surface area contributed by atoms with E-state index in [9.17, 15) is 9.59 Å². The summed E-state index contributed by atoms with van der Waals surface area (Å²) >= 11 is 0. The number of amides is 2. The molecule has 1 aromatic rings. The molecule has 0 saturated heterocycles. The fourth-order valence-corrected chi connectivity index (χ4v) is 2.64. The molecule has 0 aliphatic heterocycles. The van der Waals surface area contributed by atoms with Crippen molar-refractivity contribution in [2.75, 3.05) is 0 Å². The minimum Gasteiger partial charge on any atom is -0.345 e. The first-order valence-corrected chi connectivity index (χ1v) is 6.83. The lowest BCUT2D eigenvalue weighted by Crippen LogP contribution is -2.46. The van der Waals surface area contributed by atoms with Gasteiger partial charge in [0.25, 0.3) is 0 Å². The predicted molar refractivity (Wildman–Crippen MR) is 68.2 cm³/mol. The Labute approximate surface area is 111 Å². The van der Waals surface area contributed by atoms with Crippen LogP contribution < -0.4 is 10.6 Å². The molecule has 102 valence electrons. The fraction of sp³-hybridized carbons (Fsp3) is 0.615. The lowest BCUT2D eigenvalue weighted by Gasteiger charge is -2.21. The van der Waals surface area contributed by atoms with Gasteiger partial charge in [-0.05, 0) is 32.1 Å². The SMILES string of the molecule is O=C(NC1CC1)C(=O)N[C@H]1CCC[C@@H]1n1ccnc1. The monoisotopic (exact) mass is 262 g/mol. The highest BCUT2D eigenvalue weighted by Crippen LogP contribution is 2.29. The summed E-state index contributed by atoms with van der Waals surface area (Å²) in [6.07, 6.45) is 10.3. The predicted octanol–water partition coefficient (Wildman–Crippen LogP) is 0.371. The highest BCUT2D eigenvalue weighted by atomic mass is 16.2. The molecule has 2 saturated carbocycles. The third-order valence-electron chi connectivity index (χ3n) is 3.82. The van der Waals surface area contributed by atoms with Gasteiger partial charge >= 0.3 is 11.8 Å². The number of rotatable bonds is 3. The lowest BCUT2D eigenvalue weighted by molar-refractivity contribution is -0.139. The largest absolute Gasteiger partial charge is 0.345 e. The van der Waals surface area contributed by atoms with Crippen LogP contribution in [0.2, 0.25) is 0 Å². The number of aromatic nitrogens is 2. The number of nitrogens with one attached hydrogen (secondary N) is 2. The van der Waals surface area contributed by atoms with Gasteiger partial charge in [0.15, 0.2) is 0 Å². The quantitative estimate of drug-likeness (QED) is 0.773. The molecule has 0 spiro atoms. The molecular weight excluding hydrogens is 244 g/mol. The number of carbonyl (C=O) groups is 2. The van der Waals surface area contributed by atoms with Crippen LogP contribution >= 0.6 is 0 Å². The topological polar surface area (TPSA) is 76.0 Å². The van der Waals surface area contributed by atoms with Gasteiger partial charge in [-0.15, -0.1) is 0 Å². The maximum absolute atomic E-state index is 11.8. The molecule has 0 unspecified atom stereocenters. The molecule has 2 aliphatic rings. The van der Waals surface area contributed by atoms with Crippen LogP contribution in [-0.4, -0.2) is 33.4 Å². The second-order valence-electron chi connectivity index (χ2n) is 5.34. The molecular formula is C13H18N4O2. The number of nitrogens with zero attached hydrogens (tertiary/aromatic N) is 2. The average Bonchev–Trinajstić information content (AvgIpc) is 2.90. The lowest BCUT2D eigenvalue weighted by atomic mass is 10.1. The summed E-state index contributed by atoms with van der Waals surface area (Å²) in [6.45, 7) is 0. The zero-order chi connectivity index (χ0) is 13.2. The van der Waals surface area contributed by atoms with E-state index in [0.29, 0.717) is 0 Å². The molecule has 1 heterocycles. The Morgan fingerprint density at radius 2 is 1.89 bits per heavy atom. The second-order valence-corrected chi connectivity index (χ2v) is 5.34. The fourth-order valence-electron chi connectivity index (χ4n) is 2.64. The third kappa shape index (κ3) is 2.77. The van der Waals surface area contributed by atoms with Crippen molar-refractivity contribution in [2.24, 2.45) is 0 Å². The summed E-state index contributed by atoms with van der Waals surface area (Å²) in [7, 11) is 0. The first-order chi connectivity index (χ1) is 9.24. The molecule has 3 rings (SSSR count). The summed E-state index contributed by atoms with van der Waals surface area (Å²) in [5.74, 6) is -1.01. The molecule has 2 atom stereocenters. The molecule has 19 heavy (non-hydrogen) atoms. The maximum atomic E-state index is 11.8. The minimum absolute atomic E-state index is 0.0200. The van der Waals surface area contributed by atoms with E-state index in [1.54, 1.807) is 12.5 Å². The first-order valence-electron chi connectivity index (χ1n) is 6.83. The Morgan fingerprint density at radius 1 is 1.11 bits per heavy atom. The van der Waals surface area contributed by atoms with Gasteiger partial charge in [-0.25, -0.2) is 4.98 Å². The van der Waals surface area contributed by atoms with Gasteiger partial charge in [0, 0.05) is 18.4 Å². The van der Waals surface area contributed by atoms with E-state index in [-0.39, 0.29) is 18.1 Å². The van der Waals surface area contributed by atoms with Gasteiger partial charge in [0.05, 0.1) is 18.4 Å². The minimum atomic E-state index is -0.510. The van der Waals surface area contributed by atoms with Crippen molar-refractivity contribution in [2.45, 2.75) is 50.2 Å². The van der Waals surface area contributed by atoms with E-state index in [1.165, 1.54) is 0 Å². The van der Waals surface area contributed by atoms with Crippen molar-refractivity contribution < 1.29 is 9.59 Å². The zero-order valence-electron chi connectivity index (χ0n) is 10.7. The van der Waals surface area contributed by atoms with Crippen LogP contribution in [0, 0.1) is 0 Å². The maximum Gasteiger partial charge on any atom is 0.309 e. The summed E-state index contributed by atoms with van der Waals surface area (Å²) in [5, 5.41) is 5.56. The molecule has 1 aromatic heterocycles. The number of hydrogen-bond acceptors (Lipinski definition) is 3. The van der Waals surface area contributed by atoms with E-state index in [0.717, 1.165) is 32.1 Å². The summed E-state index contributed by atoms with van der Waals surface area (Å²) < 4.78 is 2.01. The number of hydrogen-bond donors (Lipinski definition) is 2. The van der Waals surface area contributed by atoms with Crippen LogP contribution in [0.3, 0.4) is 0 Å². The Hall–Kier alpha value is -1.85. The van der Waals surface area contributed by atoms with Crippen LogP contribution in [0.15, 0.2) is 18.7 Å². The van der Waals surface area contributed by atoms with E-state index < -0.39 is 11.8 Å². The number of carbonyl (C=O) groups excluding carboxylic acids is 2. The van der Waals surface area contributed by atoms with Crippen LogP contribution in [0.4, 0.5) is 0 Å². The van der Waals surface area contributed by atoms with Crippen molar-refractivity contribution in [3.8, 4) is 0 Å². The van der Waals surface area contributed by atoms with Crippen LogP contribution in [-0.2, 0) is 9.59 Å². The number of imidazole rings is 1. The normalized spacial score (nSPS) is 26.1. The molecule has 2 N–H and O–H groups in total. The van der Waals surface area contributed by atoms with Gasteiger partial charge in [-0.2, -0.15) is 0 Å². The Kier molecular flexibility index (Phi) is 3.23. The van der Waals surface area contributed by atoms with E-state index in [4.69, 9.17) is 0 Å². The highest BCUT2D eigenvalue weighted by Gasteiger charge is 2.32. The Balaban J connectivity index is 1.58. The van der Waals surface area contributed by atoms with Crippen LogP contribution in [0.25, 0.3) is 0 Å². The summed E-state index contributed by atoms with van der Waals surface area (Å²) in [4.78, 5) is 27.5. The van der Waals surface area contributed by atoms with E-state index in [2.05, 4.69) is 15.6 Å². The van der Waals surface area contributed by atoms with Gasteiger partial charge < -0.3 is 15.2 Å². The van der Waals surface area contributed by atoms with Gasteiger partial charge in [0.1, 0.15) is 0 Å². The van der Waals surface area contributed by atoms with E-state index >= 15 is 0 Å². The molecule has 0 radical (unpaired) electrons. The third-order valence-corrected chi connectivity index (χ3v) is 3.82. The summed E-state index contributed by atoms with van der Waals surface area (Å²) in [6, 6.07) is 0.443. The Bertz CT molecular complexity index is 467. The van der Waals surface area contributed by atoms with Crippen molar-refractivity contribution in [1.82, 2.24) is 20.2 Å². The van der Waals surface area contributed by atoms with E-state index in [1.807, 2.05) is 10.8 Å². The Morgan fingerprint density at radius 3 is 2.58 bits per heavy atom. The molecule has 2 aliphatic carbocycles. The van der Waals surface area contributed by atoms with Crippen molar-refractivity contribution in [1.29, 1.82) is 0 Å². The van der Waals surface area contributed by atoms with Crippen molar-refractivity contribution in [3.05, 3.63) is 18.7 Å². The first kappa shape index (κ1) is 12.2. The summed E-state index contributed by atoms with van der Waals surface area (Å²) in [5.41, 5.74) is 0. The highest BCUT2D eigenvalue weighted by molar-refractivity contribution is 6.35. The smallest absolute Gasteiger partial charge is 0.309 e. The molecule has 0 bridgehead atoms. The van der Waals surface area contributed by atoms with Gasteiger partial charge in [-0.3, -0.25) is 9.59 Å². The molecule has 6 nitrogen and oxygen atoms in total. The molecule has 2 amide bonds. The van der Waals surface area contributed by atoms with Crippen LogP contribution in [0.5, 0.6) is 0 Å². The molecule has 0 aromatic carbocycles. The van der Waals surface area contributed by atoms with Gasteiger partial charge in [0.2, 0.25) is 0 Å². The average molecular weight is 262 g/mol. The van der Waals surface area contributed by atoms with Crippen LogP contribution in [0.1, 0.15) is 38.1 Å². The zero-order valence-corrected chi connectivity index (χ0v) is 10.7. The second kappa shape index (κ2) is 5.03. The van der Waals surface area contributed by atoms with Crippen molar-refractivity contribution >= 4 is 11.8 Å².